The van der Waals surface area contributed by atoms with Gasteiger partial charge >= 0.3 is 0 Å². The van der Waals surface area contributed by atoms with Crippen LogP contribution >= 0.6 is 0 Å². The smallest absolute Gasteiger partial charge is 0 e. The van der Waals surface area contributed by atoms with Gasteiger partial charge in [-0.2, -0.15) is 0 Å². The van der Waals surface area contributed by atoms with E-state index in [2.05, 4.69) is 60.7 Å². The van der Waals surface area contributed by atoms with Gasteiger partial charge in [0, 0.05) is 32.7 Å². The molecule has 4 aromatic carbocycles. The summed E-state index contributed by atoms with van der Waals surface area (Å²) in [6.07, 6.45) is 1.59. The minimum atomic E-state index is 0. The third kappa shape index (κ3) is 2.54. The molecule has 0 unspecified atom stereocenters. The van der Waals surface area contributed by atoms with Gasteiger partial charge in [0.05, 0.1) is 0 Å². The summed E-state index contributed by atoms with van der Waals surface area (Å²) in [6.45, 7) is 5.57. The molecule has 0 aliphatic rings. The molecule has 0 saturated carbocycles. The average Bonchev–Trinajstić information content (AvgIpc) is 2.50. The van der Waals surface area contributed by atoms with E-state index in [-0.39, 0.29) is 32.7 Å². The van der Waals surface area contributed by atoms with Gasteiger partial charge < -0.3 is 6.58 Å². The Labute approximate surface area is 149 Å². The van der Waals surface area contributed by atoms with Crippen molar-refractivity contribution in [2.45, 2.75) is 0 Å². The molecule has 1 heteroatoms. The SMILES string of the molecule is [CH-]=Cc1[c-]c2cc3cc4ccccc4cc3cc2cc1.[Y]. The summed E-state index contributed by atoms with van der Waals surface area (Å²) < 4.78 is 0. The molecule has 21 heavy (non-hydrogen) atoms. The average molecular weight is 341 g/mol. The predicted octanol–water partition coefficient (Wildman–Crippen LogP) is 5.39. The molecule has 0 saturated heterocycles. The molecule has 0 N–H and O–H groups in total. The van der Waals surface area contributed by atoms with E-state index in [0.717, 1.165) is 10.9 Å². The first-order valence-electron chi connectivity index (χ1n) is 6.67. The molecular weight excluding hydrogens is 329 g/mol. The fourth-order valence-electron chi connectivity index (χ4n) is 2.73. The van der Waals surface area contributed by atoms with Crippen LogP contribution < -0.4 is 0 Å². The van der Waals surface area contributed by atoms with Gasteiger partial charge in [-0.1, -0.05) is 47.2 Å². The monoisotopic (exact) mass is 341 g/mol. The van der Waals surface area contributed by atoms with Crippen LogP contribution in [0.15, 0.2) is 60.7 Å². The number of fused-ring (bicyclic) bond motifs is 3. The van der Waals surface area contributed by atoms with Crippen molar-refractivity contribution in [1.82, 2.24) is 0 Å². The van der Waals surface area contributed by atoms with Gasteiger partial charge in [0.25, 0.3) is 0 Å². The summed E-state index contributed by atoms with van der Waals surface area (Å²) in [5, 5.41) is 7.33. The van der Waals surface area contributed by atoms with Crippen molar-refractivity contribution in [1.29, 1.82) is 0 Å². The summed E-state index contributed by atoms with van der Waals surface area (Å²) in [5.41, 5.74) is 0.928. The maximum absolute atomic E-state index is 5.57. The van der Waals surface area contributed by atoms with Gasteiger partial charge in [-0.3, -0.25) is 11.6 Å². The second-order valence-electron chi connectivity index (χ2n) is 5.07. The van der Waals surface area contributed by atoms with Crippen LogP contribution in [0.25, 0.3) is 38.4 Å². The molecule has 0 bridgehead atoms. The van der Waals surface area contributed by atoms with Crippen molar-refractivity contribution in [2.24, 2.45) is 0 Å². The summed E-state index contributed by atoms with van der Waals surface area (Å²) in [6, 6.07) is 24.7. The largest absolute Gasteiger partial charge is 0.334 e. The Bertz CT molecular complexity index is 967. The van der Waals surface area contributed by atoms with Gasteiger partial charge in [0.2, 0.25) is 0 Å². The molecule has 4 rings (SSSR count). The first-order chi connectivity index (χ1) is 9.83. The summed E-state index contributed by atoms with van der Waals surface area (Å²) in [5.74, 6) is 0. The molecular formula is C20H12Y-2. The Kier molecular flexibility index (Phi) is 3.93. The second kappa shape index (κ2) is 5.71. The number of hydrogen-bond donors (Lipinski definition) is 0. The van der Waals surface area contributed by atoms with Gasteiger partial charge in [-0.05, 0) is 22.2 Å². The first-order valence-corrected chi connectivity index (χ1v) is 6.67. The summed E-state index contributed by atoms with van der Waals surface area (Å²) in [4.78, 5) is 0. The Balaban J connectivity index is 0.00000132. The first kappa shape index (κ1) is 14.4. The molecule has 4 aromatic rings. The molecule has 0 aliphatic heterocycles. The van der Waals surface area contributed by atoms with Gasteiger partial charge in [0.15, 0.2) is 0 Å². The van der Waals surface area contributed by atoms with E-state index in [1.807, 2.05) is 6.07 Å². The van der Waals surface area contributed by atoms with E-state index in [4.69, 9.17) is 6.58 Å². The van der Waals surface area contributed by atoms with Crippen molar-refractivity contribution in [3.05, 3.63) is 78.9 Å². The third-order valence-corrected chi connectivity index (χ3v) is 3.77. The van der Waals surface area contributed by atoms with Crippen molar-refractivity contribution in [3.63, 3.8) is 0 Å². The van der Waals surface area contributed by atoms with Crippen LogP contribution in [0.1, 0.15) is 5.56 Å². The van der Waals surface area contributed by atoms with E-state index < -0.39 is 0 Å². The molecule has 0 fully saturated rings. The van der Waals surface area contributed by atoms with E-state index in [9.17, 15) is 0 Å². The normalized spacial score (nSPS) is 10.7. The Morgan fingerprint density at radius 2 is 1.33 bits per heavy atom. The fraction of sp³-hybridized carbons (Fsp3) is 0. The summed E-state index contributed by atoms with van der Waals surface area (Å²) in [7, 11) is 0. The number of benzene rings is 4. The predicted molar refractivity (Wildman–Crippen MR) is 86.6 cm³/mol. The minimum Gasteiger partial charge on any atom is -0.334 e. The quantitative estimate of drug-likeness (QED) is 0.322. The van der Waals surface area contributed by atoms with Gasteiger partial charge in [-0.25, -0.2) is 12.1 Å². The fourth-order valence-corrected chi connectivity index (χ4v) is 2.73. The summed E-state index contributed by atoms with van der Waals surface area (Å²) >= 11 is 0. The van der Waals surface area contributed by atoms with Crippen LogP contribution in [0.2, 0.25) is 0 Å². The third-order valence-electron chi connectivity index (χ3n) is 3.77. The maximum atomic E-state index is 5.57. The van der Waals surface area contributed by atoms with Gasteiger partial charge in [-0.15, -0.1) is 17.5 Å². The zero-order valence-electron chi connectivity index (χ0n) is 11.5. The molecule has 0 aliphatic carbocycles. The Hall–Kier alpha value is -1.50. The molecule has 0 aromatic heterocycles. The minimum absolute atomic E-state index is 0. The number of rotatable bonds is 1. The second-order valence-corrected chi connectivity index (χ2v) is 5.07. The Morgan fingerprint density at radius 1 is 0.714 bits per heavy atom. The molecule has 0 heterocycles. The van der Waals surface area contributed by atoms with Crippen molar-refractivity contribution < 1.29 is 32.7 Å². The van der Waals surface area contributed by atoms with E-state index in [1.165, 1.54) is 26.9 Å². The zero-order valence-corrected chi connectivity index (χ0v) is 14.3. The van der Waals surface area contributed by atoms with Crippen molar-refractivity contribution in [3.8, 4) is 0 Å². The molecule has 0 spiro atoms. The van der Waals surface area contributed by atoms with E-state index >= 15 is 0 Å². The van der Waals surface area contributed by atoms with Gasteiger partial charge in [0.1, 0.15) is 0 Å². The molecule has 0 amide bonds. The van der Waals surface area contributed by atoms with Crippen molar-refractivity contribution in [2.75, 3.05) is 0 Å². The van der Waals surface area contributed by atoms with Crippen LogP contribution in [0.4, 0.5) is 0 Å². The van der Waals surface area contributed by atoms with Crippen LogP contribution in [-0.2, 0) is 32.7 Å². The van der Waals surface area contributed by atoms with Crippen LogP contribution in [0.3, 0.4) is 0 Å². The molecule has 0 atom stereocenters. The van der Waals surface area contributed by atoms with Crippen molar-refractivity contribution >= 4 is 38.4 Å². The van der Waals surface area contributed by atoms with Crippen LogP contribution in [0.5, 0.6) is 0 Å². The van der Waals surface area contributed by atoms with Crippen LogP contribution in [0, 0.1) is 12.6 Å². The standard InChI is InChI=1S/C20H12.Y/c1-2-14-7-8-17-12-19-10-15-5-3-4-6-16(15)11-20(19)13-18(17)9-14;/h1-8,10-13H;/q-2;. The zero-order chi connectivity index (χ0) is 13.5. The van der Waals surface area contributed by atoms with Crippen LogP contribution in [-0.4, -0.2) is 0 Å². The maximum Gasteiger partial charge on any atom is 0 e. The van der Waals surface area contributed by atoms with E-state index in [1.54, 1.807) is 6.08 Å². The van der Waals surface area contributed by atoms with E-state index in [0.29, 0.717) is 0 Å². The topological polar surface area (TPSA) is 0 Å². The molecule has 1 radical (unpaired) electrons. The molecule has 97 valence electrons. The Morgan fingerprint density at radius 3 is 2.00 bits per heavy atom. The number of hydrogen-bond acceptors (Lipinski definition) is 0. The molecule has 0 nitrogen and oxygen atoms in total.